The van der Waals surface area contributed by atoms with Gasteiger partial charge in [0.25, 0.3) is 0 Å². The van der Waals surface area contributed by atoms with Gasteiger partial charge in [0.05, 0.1) is 6.07 Å². The number of thioether (sulfide) groups is 1. The molecule has 0 N–H and O–H groups in total. The second-order valence-electron chi connectivity index (χ2n) is 6.50. The van der Waals surface area contributed by atoms with Gasteiger partial charge in [-0.3, -0.25) is 0 Å². The van der Waals surface area contributed by atoms with Crippen LogP contribution in [-0.2, 0) is 13.0 Å². The molecule has 1 fully saturated rings. The topological polar surface area (TPSA) is 54.5 Å². The molecule has 130 valence electrons. The summed E-state index contributed by atoms with van der Waals surface area (Å²) >= 11 is 1.52. The molecule has 1 heterocycles. The zero-order valence-electron chi connectivity index (χ0n) is 14.5. The Labute approximate surface area is 154 Å². The van der Waals surface area contributed by atoms with Gasteiger partial charge in [-0.05, 0) is 24.8 Å². The summed E-state index contributed by atoms with van der Waals surface area (Å²) < 4.78 is 2.16. The van der Waals surface area contributed by atoms with Crippen molar-refractivity contribution in [3.63, 3.8) is 0 Å². The van der Waals surface area contributed by atoms with E-state index in [1.807, 2.05) is 24.3 Å². The molecule has 1 aromatic heterocycles. The normalized spacial score (nSPS) is 16.3. The van der Waals surface area contributed by atoms with Crippen LogP contribution in [0.15, 0.2) is 48.1 Å². The Morgan fingerprint density at radius 1 is 1.24 bits per heavy atom. The lowest BCUT2D eigenvalue weighted by Gasteiger charge is -2.21. The number of aromatic nitrogens is 3. The summed E-state index contributed by atoms with van der Waals surface area (Å²) in [6.45, 7) is 4.58. The molecule has 25 heavy (non-hydrogen) atoms. The molecule has 0 radical (unpaired) electrons. The van der Waals surface area contributed by atoms with Gasteiger partial charge in [0.1, 0.15) is 11.1 Å². The lowest BCUT2D eigenvalue weighted by atomic mass is 9.89. The van der Waals surface area contributed by atoms with Crippen LogP contribution in [0.1, 0.15) is 49.4 Å². The number of nitriles is 1. The van der Waals surface area contributed by atoms with Gasteiger partial charge in [-0.2, -0.15) is 5.26 Å². The second-order valence-corrected chi connectivity index (χ2v) is 7.67. The van der Waals surface area contributed by atoms with E-state index in [0.29, 0.717) is 18.9 Å². The molecule has 0 aliphatic heterocycles. The van der Waals surface area contributed by atoms with Crippen molar-refractivity contribution in [3.05, 3.63) is 54.4 Å². The van der Waals surface area contributed by atoms with Crippen molar-refractivity contribution >= 4 is 11.8 Å². The Kier molecular flexibility index (Phi) is 6.30. The van der Waals surface area contributed by atoms with Crippen LogP contribution in [0.5, 0.6) is 0 Å². The average Bonchev–Trinajstić information content (AvgIpc) is 3.05. The van der Waals surface area contributed by atoms with Gasteiger partial charge in [0, 0.05) is 12.5 Å². The fourth-order valence-corrected chi connectivity index (χ4v) is 4.39. The molecule has 0 spiro atoms. The summed E-state index contributed by atoms with van der Waals surface area (Å²) in [5, 5.41) is 19.1. The number of allylic oxidation sites excluding steroid dienone is 1. The Hall–Kier alpha value is -2.06. The monoisotopic (exact) mass is 352 g/mol. The predicted octanol–water partition coefficient (Wildman–Crippen LogP) is 4.74. The summed E-state index contributed by atoms with van der Waals surface area (Å²) in [4.78, 5) is 0. The first-order valence-electron chi connectivity index (χ1n) is 8.96. The number of benzene rings is 1. The Morgan fingerprint density at radius 2 is 2.00 bits per heavy atom. The maximum atomic E-state index is 9.58. The van der Waals surface area contributed by atoms with Gasteiger partial charge >= 0.3 is 0 Å². The van der Waals surface area contributed by atoms with E-state index < -0.39 is 0 Å². The smallest absolute Gasteiger partial charge is 0.192 e. The van der Waals surface area contributed by atoms with E-state index >= 15 is 0 Å². The molecule has 1 aliphatic rings. The fourth-order valence-electron chi connectivity index (χ4n) is 3.42. The quantitative estimate of drug-likeness (QED) is 0.533. The molecule has 1 aliphatic carbocycles. The first-order valence-corrected chi connectivity index (χ1v) is 9.84. The Balaban J connectivity index is 1.77. The Bertz CT molecular complexity index is 726. The number of hydrogen-bond acceptors (Lipinski definition) is 4. The number of hydrogen-bond donors (Lipinski definition) is 0. The molecule has 0 unspecified atom stereocenters. The summed E-state index contributed by atoms with van der Waals surface area (Å²) in [7, 11) is 0. The minimum Gasteiger partial charge on any atom is -0.302 e. The van der Waals surface area contributed by atoms with Crippen molar-refractivity contribution < 1.29 is 0 Å². The maximum Gasteiger partial charge on any atom is 0.192 e. The van der Waals surface area contributed by atoms with Gasteiger partial charge in [-0.1, -0.05) is 67.4 Å². The van der Waals surface area contributed by atoms with Crippen LogP contribution in [0.25, 0.3) is 0 Å². The summed E-state index contributed by atoms with van der Waals surface area (Å²) in [5.74, 6) is 1.56. The van der Waals surface area contributed by atoms with E-state index in [9.17, 15) is 5.26 Å². The zero-order chi connectivity index (χ0) is 17.5. The fraction of sp³-hybridized carbons (Fsp3) is 0.450. The minimum atomic E-state index is -0.172. The van der Waals surface area contributed by atoms with Crippen LogP contribution in [-0.4, -0.2) is 20.0 Å². The first kappa shape index (κ1) is 17.8. The molecule has 4 nitrogen and oxygen atoms in total. The molecular weight excluding hydrogens is 328 g/mol. The van der Waals surface area contributed by atoms with Gasteiger partial charge in [-0.15, -0.1) is 16.8 Å². The third-order valence-corrected chi connectivity index (χ3v) is 5.75. The predicted molar refractivity (Wildman–Crippen MR) is 101 cm³/mol. The van der Waals surface area contributed by atoms with E-state index in [-0.39, 0.29) is 5.25 Å². The van der Waals surface area contributed by atoms with Crippen LogP contribution in [0.3, 0.4) is 0 Å². The Morgan fingerprint density at radius 3 is 2.68 bits per heavy atom. The van der Waals surface area contributed by atoms with Crippen LogP contribution in [0, 0.1) is 11.3 Å². The van der Waals surface area contributed by atoms with Crippen molar-refractivity contribution in [2.45, 2.75) is 61.4 Å². The second kappa shape index (κ2) is 8.87. The summed E-state index contributed by atoms with van der Waals surface area (Å²) in [5.41, 5.74) is 1.17. The van der Waals surface area contributed by atoms with E-state index in [1.54, 1.807) is 0 Å². The highest BCUT2D eigenvalue weighted by Gasteiger charge is 2.24. The van der Waals surface area contributed by atoms with Gasteiger partial charge < -0.3 is 4.57 Å². The lowest BCUT2D eigenvalue weighted by Crippen LogP contribution is -2.13. The highest BCUT2D eigenvalue weighted by Crippen LogP contribution is 2.34. The molecule has 1 atom stereocenters. The molecule has 5 heteroatoms. The first-order chi connectivity index (χ1) is 12.3. The highest BCUT2D eigenvalue weighted by atomic mass is 32.2. The zero-order valence-corrected chi connectivity index (χ0v) is 15.3. The van der Waals surface area contributed by atoms with Gasteiger partial charge in [-0.25, -0.2) is 0 Å². The van der Waals surface area contributed by atoms with Gasteiger partial charge in [0.15, 0.2) is 5.16 Å². The third-order valence-electron chi connectivity index (χ3n) is 4.68. The molecule has 1 saturated carbocycles. The van der Waals surface area contributed by atoms with Crippen LogP contribution >= 0.6 is 11.8 Å². The summed E-state index contributed by atoms with van der Waals surface area (Å²) in [6.07, 6.45) is 8.82. The van der Waals surface area contributed by atoms with Crippen molar-refractivity contribution in [2.24, 2.45) is 0 Å². The van der Waals surface area contributed by atoms with E-state index in [1.165, 1.54) is 49.4 Å². The van der Waals surface area contributed by atoms with Crippen LogP contribution in [0.4, 0.5) is 0 Å². The molecule has 0 saturated heterocycles. The van der Waals surface area contributed by atoms with Crippen molar-refractivity contribution in [1.82, 2.24) is 14.8 Å². The van der Waals surface area contributed by atoms with Gasteiger partial charge in [0.2, 0.25) is 0 Å². The lowest BCUT2D eigenvalue weighted by molar-refractivity contribution is 0.415. The average molecular weight is 353 g/mol. The standard InChI is InChI=1S/C20H24N4S/c1-2-13-24-19(17-11-7-4-8-12-17)22-23-20(24)25-18(15-21)14-16-9-5-3-6-10-16/h2-3,5-6,9-10,17-18H,1,4,7-8,11-14H2/t18-/m1/s1. The number of nitrogens with zero attached hydrogens (tertiary/aromatic N) is 4. The van der Waals surface area contributed by atoms with E-state index in [0.717, 1.165) is 11.0 Å². The van der Waals surface area contributed by atoms with E-state index in [4.69, 9.17) is 0 Å². The molecule has 2 aromatic rings. The molecular formula is C20H24N4S. The van der Waals surface area contributed by atoms with Crippen molar-refractivity contribution in [1.29, 1.82) is 5.26 Å². The largest absolute Gasteiger partial charge is 0.302 e. The SMILES string of the molecule is C=CCn1c(S[C@@H](C#N)Cc2ccccc2)nnc1C1CCCCC1. The molecule has 0 bridgehead atoms. The maximum absolute atomic E-state index is 9.58. The molecule has 3 rings (SSSR count). The third kappa shape index (κ3) is 4.52. The van der Waals surface area contributed by atoms with Crippen molar-refractivity contribution in [3.8, 4) is 6.07 Å². The van der Waals surface area contributed by atoms with Crippen molar-refractivity contribution in [2.75, 3.05) is 0 Å². The van der Waals surface area contributed by atoms with Crippen LogP contribution < -0.4 is 0 Å². The summed E-state index contributed by atoms with van der Waals surface area (Å²) in [6, 6.07) is 12.6. The molecule has 1 aromatic carbocycles. The molecule has 0 amide bonds. The van der Waals surface area contributed by atoms with E-state index in [2.05, 4.69) is 39.5 Å². The van der Waals surface area contributed by atoms with Crippen LogP contribution in [0.2, 0.25) is 0 Å². The number of rotatable bonds is 7. The minimum absolute atomic E-state index is 0.172. The highest BCUT2D eigenvalue weighted by molar-refractivity contribution is 8.00.